The van der Waals surface area contributed by atoms with Crippen LogP contribution in [0.4, 0.5) is 15.9 Å². The molecule has 1 saturated heterocycles. The van der Waals surface area contributed by atoms with E-state index in [4.69, 9.17) is 0 Å². The van der Waals surface area contributed by atoms with Crippen LogP contribution in [-0.2, 0) is 4.79 Å². The van der Waals surface area contributed by atoms with Crippen LogP contribution < -0.4 is 10.2 Å². The SMILES string of the molecule is Cc1cc(C)n(-c2ccc(NC(=O)C3CCN(c4ncnc5sc(C)c(C)c45)CC3)cc2F)n1. The quantitative estimate of drug-likeness (QED) is 0.441. The molecule has 1 fully saturated rings. The summed E-state index contributed by atoms with van der Waals surface area (Å²) in [6.45, 7) is 9.45. The molecule has 4 aromatic rings. The Morgan fingerprint density at radius 1 is 1.12 bits per heavy atom. The first-order chi connectivity index (χ1) is 16.3. The lowest BCUT2D eigenvalue weighted by Gasteiger charge is -2.32. The first kappa shape index (κ1) is 22.5. The monoisotopic (exact) mass is 478 g/mol. The van der Waals surface area contributed by atoms with E-state index in [1.807, 2.05) is 19.9 Å². The van der Waals surface area contributed by atoms with Gasteiger partial charge in [0.25, 0.3) is 0 Å². The van der Waals surface area contributed by atoms with Crippen LogP contribution in [-0.4, -0.2) is 38.7 Å². The van der Waals surface area contributed by atoms with E-state index in [2.05, 4.69) is 39.1 Å². The number of nitrogens with one attached hydrogen (secondary N) is 1. The van der Waals surface area contributed by atoms with E-state index in [9.17, 15) is 9.18 Å². The van der Waals surface area contributed by atoms with E-state index >= 15 is 0 Å². The number of aromatic nitrogens is 4. The van der Waals surface area contributed by atoms with E-state index in [0.717, 1.165) is 40.5 Å². The highest BCUT2D eigenvalue weighted by atomic mass is 32.1. The van der Waals surface area contributed by atoms with Crippen molar-refractivity contribution in [2.45, 2.75) is 40.5 Å². The molecule has 7 nitrogen and oxygen atoms in total. The van der Waals surface area contributed by atoms with Gasteiger partial charge in [-0.2, -0.15) is 5.10 Å². The molecule has 0 spiro atoms. The summed E-state index contributed by atoms with van der Waals surface area (Å²) in [4.78, 5) is 26.4. The van der Waals surface area contributed by atoms with Crippen LogP contribution >= 0.6 is 11.3 Å². The van der Waals surface area contributed by atoms with E-state index in [-0.39, 0.29) is 11.8 Å². The maximum atomic E-state index is 14.8. The largest absolute Gasteiger partial charge is 0.356 e. The average molecular weight is 479 g/mol. The number of nitrogens with zero attached hydrogens (tertiary/aromatic N) is 5. The van der Waals surface area contributed by atoms with Gasteiger partial charge in [0.2, 0.25) is 5.91 Å². The molecule has 5 rings (SSSR count). The van der Waals surface area contributed by atoms with Crippen LogP contribution in [0, 0.1) is 39.4 Å². The average Bonchev–Trinajstić information content (AvgIpc) is 3.31. The van der Waals surface area contributed by atoms with E-state index < -0.39 is 5.82 Å². The van der Waals surface area contributed by atoms with Crippen LogP contribution in [0.1, 0.15) is 34.7 Å². The molecule has 4 heterocycles. The van der Waals surface area contributed by atoms with Gasteiger partial charge < -0.3 is 10.2 Å². The fraction of sp³-hybridized carbons (Fsp3) is 0.360. The number of benzene rings is 1. The van der Waals surface area contributed by atoms with Gasteiger partial charge in [-0.05, 0) is 70.4 Å². The van der Waals surface area contributed by atoms with E-state index in [1.54, 1.807) is 34.5 Å². The molecular weight excluding hydrogens is 451 g/mol. The summed E-state index contributed by atoms with van der Waals surface area (Å²) in [5.41, 5.74) is 3.73. The van der Waals surface area contributed by atoms with Crippen molar-refractivity contribution < 1.29 is 9.18 Å². The Morgan fingerprint density at radius 3 is 2.56 bits per heavy atom. The maximum Gasteiger partial charge on any atom is 0.227 e. The zero-order chi connectivity index (χ0) is 24.0. The molecule has 176 valence electrons. The molecule has 1 aromatic carbocycles. The van der Waals surface area contributed by atoms with Gasteiger partial charge in [0, 0.05) is 35.3 Å². The molecule has 1 N–H and O–H groups in total. The van der Waals surface area contributed by atoms with Gasteiger partial charge in [0.05, 0.1) is 11.1 Å². The number of aryl methyl sites for hydroxylation is 4. The Bertz CT molecular complexity index is 1390. The number of hydrogen-bond acceptors (Lipinski definition) is 6. The van der Waals surface area contributed by atoms with Gasteiger partial charge in [-0.15, -0.1) is 11.3 Å². The summed E-state index contributed by atoms with van der Waals surface area (Å²) in [5.74, 6) is 0.325. The van der Waals surface area contributed by atoms with Gasteiger partial charge >= 0.3 is 0 Å². The van der Waals surface area contributed by atoms with Crippen molar-refractivity contribution in [1.29, 1.82) is 0 Å². The van der Waals surface area contributed by atoms with E-state index in [1.165, 1.54) is 16.5 Å². The number of piperidine rings is 1. The molecule has 0 atom stereocenters. The zero-order valence-corrected chi connectivity index (χ0v) is 20.5. The van der Waals surface area contributed by atoms with Gasteiger partial charge in [-0.25, -0.2) is 19.0 Å². The van der Waals surface area contributed by atoms with Crippen LogP contribution in [0.3, 0.4) is 0 Å². The molecule has 9 heteroatoms. The van der Waals surface area contributed by atoms with Gasteiger partial charge in [0.15, 0.2) is 5.82 Å². The summed E-state index contributed by atoms with van der Waals surface area (Å²) in [6.07, 6.45) is 3.05. The molecule has 1 aliphatic heterocycles. The van der Waals surface area contributed by atoms with Crippen LogP contribution in [0.15, 0.2) is 30.6 Å². The number of rotatable bonds is 4. The topological polar surface area (TPSA) is 75.9 Å². The minimum absolute atomic E-state index is 0.0756. The summed E-state index contributed by atoms with van der Waals surface area (Å²) in [7, 11) is 0. The number of carbonyl (C=O) groups is 1. The normalized spacial score (nSPS) is 14.7. The molecule has 0 saturated carbocycles. The molecule has 3 aromatic heterocycles. The summed E-state index contributed by atoms with van der Waals surface area (Å²) in [5, 5.41) is 8.35. The van der Waals surface area contributed by atoms with Crippen molar-refractivity contribution >= 4 is 39.0 Å². The molecular formula is C25H27FN6OS. The molecule has 0 unspecified atom stereocenters. The van der Waals surface area contributed by atoms with Crippen molar-refractivity contribution in [2.75, 3.05) is 23.3 Å². The number of amides is 1. The molecule has 34 heavy (non-hydrogen) atoms. The van der Waals surface area contributed by atoms with Gasteiger partial charge in [-0.1, -0.05) is 0 Å². The fourth-order valence-electron chi connectivity index (χ4n) is 4.63. The Kier molecular flexibility index (Phi) is 5.81. The Morgan fingerprint density at radius 2 is 1.88 bits per heavy atom. The van der Waals surface area contributed by atoms with Gasteiger partial charge in [-0.3, -0.25) is 4.79 Å². The molecule has 1 amide bonds. The lowest BCUT2D eigenvalue weighted by atomic mass is 9.95. The van der Waals surface area contributed by atoms with Crippen molar-refractivity contribution in [3.63, 3.8) is 0 Å². The highest BCUT2D eigenvalue weighted by molar-refractivity contribution is 7.18. The second-order valence-corrected chi connectivity index (χ2v) is 10.1. The second-order valence-electron chi connectivity index (χ2n) is 8.92. The highest BCUT2D eigenvalue weighted by Crippen LogP contribution is 2.35. The van der Waals surface area contributed by atoms with Crippen molar-refractivity contribution in [2.24, 2.45) is 5.92 Å². The summed E-state index contributed by atoms with van der Waals surface area (Å²) >= 11 is 1.69. The van der Waals surface area contributed by atoms with Gasteiger partial charge in [0.1, 0.15) is 22.7 Å². The molecule has 0 aliphatic carbocycles. The number of fused-ring (bicyclic) bond motifs is 1. The number of halogens is 1. The Balaban J connectivity index is 1.25. The van der Waals surface area contributed by atoms with Crippen LogP contribution in [0.5, 0.6) is 0 Å². The number of anilines is 2. The number of carbonyl (C=O) groups excluding carboxylic acids is 1. The Labute approximate surface area is 201 Å². The third-order valence-corrected chi connectivity index (χ3v) is 7.68. The minimum Gasteiger partial charge on any atom is -0.356 e. The summed E-state index contributed by atoms with van der Waals surface area (Å²) in [6, 6.07) is 6.63. The first-order valence-electron chi connectivity index (χ1n) is 11.4. The fourth-order valence-corrected chi connectivity index (χ4v) is 5.62. The molecule has 1 aliphatic rings. The van der Waals surface area contributed by atoms with E-state index in [0.29, 0.717) is 24.2 Å². The molecule has 0 radical (unpaired) electrons. The maximum absolute atomic E-state index is 14.8. The zero-order valence-electron chi connectivity index (χ0n) is 19.7. The Hall–Kier alpha value is -3.33. The second kappa shape index (κ2) is 8.79. The first-order valence-corrected chi connectivity index (χ1v) is 12.2. The lowest BCUT2D eigenvalue weighted by molar-refractivity contribution is -0.120. The third-order valence-electron chi connectivity index (χ3n) is 6.56. The summed E-state index contributed by atoms with van der Waals surface area (Å²) < 4.78 is 16.4. The van der Waals surface area contributed by atoms with Crippen LogP contribution in [0.2, 0.25) is 0 Å². The molecule has 0 bridgehead atoms. The third kappa shape index (κ3) is 4.04. The predicted octanol–water partition coefficient (Wildman–Crippen LogP) is 5.10. The minimum atomic E-state index is -0.423. The van der Waals surface area contributed by atoms with Crippen molar-refractivity contribution in [3.05, 3.63) is 58.2 Å². The lowest BCUT2D eigenvalue weighted by Crippen LogP contribution is -2.38. The number of thiophene rings is 1. The van der Waals surface area contributed by atoms with Crippen molar-refractivity contribution in [3.8, 4) is 5.69 Å². The van der Waals surface area contributed by atoms with Crippen molar-refractivity contribution in [1.82, 2.24) is 19.7 Å². The highest BCUT2D eigenvalue weighted by Gasteiger charge is 2.27. The predicted molar refractivity (Wildman–Crippen MR) is 133 cm³/mol. The smallest absolute Gasteiger partial charge is 0.227 e. The van der Waals surface area contributed by atoms with Crippen LogP contribution in [0.25, 0.3) is 15.9 Å². The number of hydrogen-bond donors (Lipinski definition) is 1. The standard InChI is InChI=1S/C25H27FN6OS/c1-14-11-15(2)32(30-14)21-6-5-19(12-20(21)26)29-24(33)18-7-9-31(10-8-18)23-22-16(3)17(4)34-25(22)28-13-27-23/h5-6,11-13,18H,7-10H2,1-4H3,(H,29,33).